The molecule has 152 valence electrons. The van der Waals surface area contributed by atoms with Crippen molar-refractivity contribution < 1.29 is 9.53 Å². The Kier molecular flexibility index (Phi) is 5.80. The van der Waals surface area contributed by atoms with Crippen LogP contribution in [0.2, 0.25) is 0 Å². The van der Waals surface area contributed by atoms with Gasteiger partial charge < -0.3 is 15.0 Å². The highest BCUT2D eigenvalue weighted by Crippen LogP contribution is 2.32. The van der Waals surface area contributed by atoms with Crippen LogP contribution in [0.1, 0.15) is 30.5 Å². The molecule has 0 aliphatic carbocycles. The SMILES string of the molecule is COc1ccc(-c2[nH]c3ccccc3c2CCC(=O)NC(C)c2cccnc2)cc1. The van der Waals surface area contributed by atoms with Gasteiger partial charge in [0.2, 0.25) is 5.91 Å². The summed E-state index contributed by atoms with van der Waals surface area (Å²) in [6.45, 7) is 1.98. The number of carbonyl (C=O) groups excluding carboxylic acids is 1. The van der Waals surface area contributed by atoms with Crippen molar-refractivity contribution in [3.05, 3.63) is 84.2 Å². The molecule has 0 radical (unpaired) electrons. The lowest BCUT2D eigenvalue weighted by Gasteiger charge is -2.14. The second-order valence-electron chi connectivity index (χ2n) is 7.33. The van der Waals surface area contributed by atoms with Crippen LogP contribution < -0.4 is 10.1 Å². The van der Waals surface area contributed by atoms with Crippen LogP contribution in [-0.4, -0.2) is 23.0 Å². The number of benzene rings is 2. The van der Waals surface area contributed by atoms with Crippen molar-refractivity contribution in [1.82, 2.24) is 15.3 Å². The maximum Gasteiger partial charge on any atom is 0.220 e. The Morgan fingerprint density at radius 1 is 1.10 bits per heavy atom. The topological polar surface area (TPSA) is 67.0 Å². The molecule has 30 heavy (non-hydrogen) atoms. The van der Waals surface area contributed by atoms with E-state index in [-0.39, 0.29) is 11.9 Å². The Morgan fingerprint density at radius 2 is 1.90 bits per heavy atom. The smallest absolute Gasteiger partial charge is 0.220 e. The third-order valence-corrected chi connectivity index (χ3v) is 5.36. The molecule has 0 spiro atoms. The normalized spacial score (nSPS) is 11.9. The number of para-hydroxylation sites is 1. The zero-order chi connectivity index (χ0) is 20.9. The molecule has 4 aromatic rings. The number of hydrogen-bond acceptors (Lipinski definition) is 3. The Bertz CT molecular complexity index is 1130. The first-order chi connectivity index (χ1) is 14.7. The third-order valence-electron chi connectivity index (χ3n) is 5.36. The fourth-order valence-corrected chi connectivity index (χ4v) is 3.73. The van der Waals surface area contributed by atoms with E-state index in [1.165, 1.54) is 0 Å². The molecule has 0 bridgehead atoms. The minimum atomic E-state index is -0.0739. The number of pyridine rings is 1. The fraction of sp³-hybridized carbons (Fsp3) is 0.200. The van der Waals surface area contributed by atoms with Crippen LogP contribution >= 0.6 is 0 Å². The second kappa shape index (κ2) is 8.82. The number of ether oxygens (including phenoxy) is 1. The zero-order valence-corrected chi connectivity index (χ0v) is 17.2. The van der Waals surface area contributed by atoms with Crippen LogP contribution in [0.15, 0.2) is 73.1 Å². The summed E-state index contributed by atoms with van der Waals surface area (Å²) in [5, 5.41) is 4.22. The highest BCUT2D eigenvalue weighted by Gasteiger charge is 2.16. The molecule has 1 unspecified atom stereocenters. The molecule has 2 aromatic heterocycles. The van der Waals surface area contributed by atoms with Gasteiger partial charge in [-0.25, -0.2) is 0 Å². The van der Waals surface area contributed by atoms with Gasteiger partial charge in [0, 0.05) is 35.4 Å². The van der Waals surface area contributed by atoms with E-state index in [0.29, 0.717) is 12.8 Å². The van der Waals surface area contributed by atoms with Crippen molar-refractivity contribution >= 4 is 16.8 Å². The minimum absolute atomic E-state index is 0.0253. The lowest BCUT2D eigenvalue weighted by atomic mass is 10.0. The van der Waals surface area contributed by atoms with Crippen molar-refractivity contribution in [2.75, 3.05) is 7.11 Å². The van der Waals surface area contributed by atoms with Gasteiger partial charge >= 0.3 is 0 Å². The number of fused-ring (bicyclic) bond motifs is 1. The molecule has 1 atom stereocenters. The van der Waals surface area contributed by atoms with Crippen LogP contribution in [0.25, 0.3) is 22.2 Å². The fourth-order valence-electron chi connectivity index (χ4n) is 3.73. The van der Waals surface area contributed by atoms with Crippen LogP contribution in [0, 0.1) is 0 Å². The number of hydrogen-bond donors (Lipinski definition) is 2. The molecule has 0 saturated heterocycles. The Balaban J connectivity index is 1.55. The summed E-state index contributed by atoms with van der Waals surface area (Å²) >= 11 is 0. The lowest BCUT2D eigenvalue weighted by molar-refractivity contribution is -0.121. The third kappa shape index (κ3) is 4.20. The number of nitrogens with one attached hydrogen (secondary N) is 2. The van der Waals surface area contributed by atoms with Gasteiger partial charge in [-0.15, -0.1) is 0 Å². The van der Waals surface area contributed by atoms with E-state index < -0.39 is 0 Å². The number of rotatable bonds is 7. The number of aryl methyl sites for hydroxylation is 1. The van der Waals surface area contributed by atoms with Gasteiger partial charge in [-0.05, 0) is 66.4 Å². The maximum atomic E-state index is 12.6. The zero-order valence-electron chi connectivity index (χ0n) is 17.2. The average Bonchev–Trinajstić information content (AvgIpc) is 3.17. The summed E-state index contributed by atoms with van der Waals surface area (Å²) in [5.41, 5.74) is 5.34. The molecule has 4 rings (SSSR count). The van der Waals surface area contributed by atoms with Crippen molar-refractivity contribution in [2.24, 2.45) is 0 Å². The van der Waals surface area contributed by atoms with Crippen molar-refractivity contribution in [2.45, 2.75) is 25.8 Å². The summed E-state index contributed by atoms with van der Waals surface area (Å²) in [5.74, 6) is 0.845. The first kappa shape index (κ1) is 19.7. The molecule has 0 fully saturated rings. The Labute approximate surface area is 176 Å². The van der Waals surface area contributed by atoms with Crippen molar-refractivity contribution in [3.8, 4) is 17.0 Å². The van der Waals surface area contributed by atoms with E-state index in [4.69, 9.17) is 4.74 Å². The summed E-state index contributed by atoms with van der Waals surface area (Å²) in [6.07, 6.45) is 4.58. The number of aromatic amines is 1. The molecule has 0 saturated carbocycles. The van der Waals surface area contributed by atoms with E-state index in [9.17, 15) is 4.79 Å². The lowest BCUT2D eigenvalue weighted by Crippen LogP contribution is -2.26. The maximum absolute atomic E-state index is 12.6. The molecule has 5 nitrogen and oxygen atoms in total. The van der Waals surface area contributed by atoms with Gasteiger partial charge in [0.15, 0.2) is 0 Å². The van der Waals surface area contributed by atoms with Gasteiger partial charge in [-0.3, -0.25) is 9.78 Å². The van der Waals surface area contributed by atoms with Crippen molar-refractivity contribution in [1.29, 1.82) is 0 Å². The van der Waals surface area contributed by atoms with Crippen LogP contribution in [-0.2, 0) is 11.2 Å². The number of amides is 1. The molecule has 0 aliphatic rings. The van der Waals surface area contributed by atoms with Crippen molar-refractivity contribution in [3.63, 3.8) is 0 Å². The highest BCUT2D eigenvalue weighted by molar-refractivity contribution is 5.91. The summed E-state index contributed by atoms with van der Waals surface area (Å²) < 4.78 is 5.28. The second-order valence-corrected chi connectivity index (χ2v) is 7.33. The average molecular weight is 399 g/mol. The van der Waals surface area contributed by atoms with Gasteiger partial charge in [-0.1, -0.05) is 24.3 Å². The number of H-pyrrole nitrogens is 1. The summed E-state index contributed by atoms with van der Waals surface area (Å²) in [6, 6.07) is 20.0. The van der Waals surface area contributed by atoms with E-state index in [1.807, 2.05) is 55.5 Å². The molecular formula is C25H25N3O2. The van der Waals surface area contributed by atoms with Gasteiger partial charge in [0.25, 0.3) is 0 Å². The summed E-state index contributed by atoms with van der Waals surface area (Å²) in [4.78, 5) is 20.3. The number of aromatic nitrogens is 2. The minimum Gasteiger partial charge on any atom is -0.497 e. The van der Waals surface area contributed by atoms with Crippen LogP contribution in [0.3, 0.4) is 0 Å². The first-order valence-electron chi connectivity index (χ1n) is 10.1. The molecule has 1 amide bonds. The van der Waals surface area contributed by atoms with E-state index in [2.05, 4.69) is 27.4 Å². The largest absolute Gasteiger partial charge is 0.497 e. The Morgan fingerprint density at radius 3 is 2.63 bits per heavy atom. The quantitative estimate of drug-likeness (QED) is 0.457. The predicted octanol–water partition coefficient (Wildman–Crippen LogP) is 5.05. The molecular weight excluding hydrogens is 374 g/mol. The predicted molar refractivity (Wildman–Crippen MR) is 119 cm³/mol. The molecule has 2 heterocycles. The van der Waals surface area contributed by atoms with E-state index in [1.54, 1.807) is 19.5 Å². The summed E-state index contributed by atoms with van der Waals surface area (Å²) in [7, 11) is 1.66. The molecule has 2 N–H and O–H groups in total. The van der Waals surface area contributed by atoms with E-state index >= 15 is 0 Å². The Hall–Kier alpha value is -3.60. The molecule has 0 aliphatic heterocycles. The monoisotopic (exact) mass is 399 g/mol. The number of nitrogens with zero attached hydrogens (tertiary/aromatic N) is 1. The van der Waals surface area contributed by atoms with E-state index in [0.717, 1.165) is 39.0 Å². The number of carbonyl (C=O) groups is 1. The van der Waals surface area contributed by atoms with Gasteiger partial charge in [0.05, 0.1) is 13.2 Å². The van der Waals surface area contributed by atoms with Crippen LogP contribution in [0.4, 0.5) is 0 Å². The van der Waals surface area contributed by atoms with Crippen LogP contribution in [0.5, 0.6) is 5.75 Å². The molecule has 5 heteroatoms. The highest BCUT2D eigenvalue weighted by atomic mass is 16.5. The van der Waals surface area contributed by atoms with Gasteiger partial charge in [-0.2, -0.15) is 0 Å². The molecule has 2 aromatic carbocycles. The van der Waals surface area contributed by atoms with Gasteiger partial charge in [0.1, 0.15) is 5.75 Å². The standard InChI is InChI=1S/C25H25N3O2/c1-17(19-6-5-15-26-16-19)27-24(29)14-13-22-21-7-3-4-8-23(21)28-25(22)18-9-11-20(30-2)12-10-18/h3-12,15-17,28H,13-14H2,1-2H3,(H,27,29). The first-order valence-corrected chi connectivity index (χ1v) is 10.1. The number of methoxy groups -OCH3 is 1.